The smallest absolute Gasteiger partial charge is 0.194 e. The van der Waals surface area contributed by atoms with Gasteiger partial charge in [0.1, 0.15) is 5.82 Å². The monoisotopic (exact) mass is 484 g/mol. The fourth-order valence-corrected chi connectivity index (χ4v) is 6.92. The van der Waals surface area contributed by atoms with Crippen molar-refractivity contribution in [1.82, 2.24) is 0 Å². The standard InChI is InChI=1S/C31H36F4/c1-19-2-4-20(5-3-19)21-6-8-22(9-7-21)25-14-15-27(28(32)16-25)24-12-10-23(11-13-24)26-17-29(33)31(35)30(34)18-26/h12,14-23H,2-11,13H2,1H3. The first-order valence-corrected chi connectivity index (χ1v) is 13.5. The summed E-state index contributed by atoms with van der Waals surface area (Å²) in [5.41, 5.74) is 3.16. The minimum absolute atomic E-state index is 0.0896. The normalized spacial score (nSPS) is 29.6. The predicted octanol–water partition coefficient (Wildman–Crippen LogP) is 9.69. The van der Waals surface area contributed by atoms with Gasteiger partial charge in [0.05, 0.1) is 0 Å². The van der Waals surface area contributed by atoms with Crippen molar-refractivity contribution in [3.8, 4) is 0 Å². The summed E-state index contributed by atoms with van der Waals surface area (Å²) in [5, 5.41) is 0. The number of hydrogen-bond donors (Lipinski definition) is 0. The quantitative estimate of drug-likeness (QED) is 0.299. The van der Waals surface area contributed by atoms with Gasteiger partial charge in [-0.1, -0.05) is 38.0 Å². The van der Waals surface area contributed by atoms with E-state index in [-0.39, 0.29) is 11.7 Å². The van der Waals surface area contributed by atoms with Crippen molar-refractivity contribution in [1.29, 1.82) is 0 Å². The maximum Gasteiger partial charge on any atom is 0.194 e. The van der Waals surface area contributed by atoms with Crippen LogP contribution in [0.3, 0.4) is 0 Å². The Bertz CT molecular complexity index is 1050. The molecule has 3 aliphatic carbocycles. The van der Waals surface area contributed by atoms with Crippen molar-refractivity contribution in [2.75, 3.05) is 0 Å². The molecule has 4 heteroatoms. The summed E-state index contributed by atoms with van der Waals surface area (Å²) in [6.07, 6.45) is 14.2. The Hall–Kier alpha value is -2.10. The lowest BCUT2D eigenvalue weighted by Gasteiger charge is -2.37. The number of rotatable bonds is 4. The molecular weight excluding hydrogens is 448 g/mol. The van der Waals surface area contributed by atoms with Crippen molar-refractivity contribution in [3.05, 3.63) is 76.4 Å². The molecule has 0 N–H and O–H groups in total. The number of hydrogen-bond acceptors (Lipinski definition) is 0. The van der Waals surface area contributed by atoms with Crippen LogP contribution < -0.4 is 0 Å². The van der Waals surface area contributed by atoms with Crippen LogP contribution >= 0.6 is 0 Å². The molecule has 0 aromatic heterocycles. The second-order valence-electron chi connectivity index (χ2n) is 11.4. The van der Waals surface area contributed by atoms with Crippen LogP contribution in [0.4, 0.5) is 17.6 Å². The highest BCUT2D eigenvalue weighted by Crippen LogP contribution is 2.44. The highest BCUT2D eigenvalue weighted by Gasteiger charge is 2.31. The summed E-state index contributed by atoms with van der Waals surface area (Å²) in [4.78, 5) is 0. The molecule has 0 spiro atoms. The van der Waals surface area contributed by atoms with Gasteiger partial charge >= 0.3 is 0 Å². The third-order valence-corrected chi connectivity index (χ3v) is 9.20. The van der Waals surface area contributed by atoms with E-state index in [9.17, 15) is 13.2 Å². The first-order chi connectivity index (χ1) is 16.9. The van der Waals surface area contributed by atoms with Crippen molar-refractivity contribution < 1.29 is 17.6 Å². The third kappa shape index (κ3) is 5.37. The van der Waals surface area contributed by atoms with Gasteiger partial charge in [-0.2, -0.15) is 0 Å². The maximum absolute atomic E-state index is 15.2. The van der Waals surface area contributed by atoms with Crippen LogP contribution in [0.5, 0.6) is 0 Å². The molecule has 2 aromatic rings. The molecule has 0 radical (unpaired) electrons. The average molecular weight is 485 g/mol. The lowest BCUT2D eigenvalue weighted by molar-refractivity contribution is 0.165. The lowest BCUT2D eigenvalue weighted by atomic mass is 9.68. The fraction of sp³-hybridized carbons (Fsp3) is 0.548. The number of halogens is 4. The minimum Gasteiger partial charge on any atom is -0.206 e. The molecule has 0 amide bonds. The topological polar surface area (TPSA) is 0 Å². The zero-order valence-electron chi connectivity index (χ0n) is 20.6. The first-order valence-electron chi connectivity index (χ1n) is 13.5. The Morgan fingerprint density at radius 1 is 0.629 bits per heavy atom. The molecule has 5 rings (SSSR count). The predicted molar refractivity (Wildman–Crippen MR) is 133 cm³/mol. The molecule has 0 aliphatic heterocycles. The first kappa shape index (κ1) is 24.6. The van der Waals surface area contributed by atoms with E-state index in [1.165, 1.54) is 38.5 Å². The van der Waals surface area contributed by atoms with E-state index in [1.54, 1.807) is 6.07 Å². The zero-order valence-corrected chi connectivity index (χ0v) is 20.6. The zero-order chi connectivity index (χ0) is 24.5. The molecule has 1 unspecified atom stereocenters. The Morgan fingerprint density at radius 3 is 1.80 bits per heavy atom. The van der Waals surface area contributed by atoms with Crippen LogP contribution in [0.25, 0.3) is 5.57 Å². The SMILES string of the molecule is CC1CCC(C2CCC(c3ccc(C4=CCC(c5cc(F)c(F)c(F)c5)CC4)c(F)c3)CC2)CC1. The lowest BCUT2D eigenvalue weighted by Crippen LogP contribution is -2.24. The van der Waals surface area contributed by atoms with Crippen molar-refractivity contribution in [2.24, 2.45) is 17.8 Å². The van der Waals surface area contributed by atoms with Crippen molar-refractivity contribution >= 4 is 5.57 Å². The van der Waals surface area contributed by atoms with Gasteiger partial charge in [0.2, 0.25) is 0 Å². The van der Waals surface area contributed by atoms with Crippen molar-refractivity contribution in [3.63, 3.8) is 0 Å². The van der Waals surface area contributed by atoms with E-state index < -0.39 is 17.5 Å². The largest absolute Gasteiger partial charge is 0.206 e. The third-order valence-electron chi connectivity index (χ3n) is 9.20. The summed E-state index contributed by atoms with van der Waals surface area (Å²) in [7, 11) is 0. The second kappa shape index (κ2) is 10.5. The van der Waals surface area contributed by atoms with Gasteiger partial charge in [0, 0.05) is 5.56 Å². The van der Waals surface area contributed by atoms with Crippen LogP contribution in [-0.2, 0) is 0 Å². The van der Waals surface area contributed by atoms with Crippen LogP contribution in [0.1, 0.15) is 106 Å². The van der Waals surface area contributed by atoms with Gasteiger partial charge in [-0.25, -0.2) is 17.6 Å². The molecule has 188 valence electrons. The Labute approximate surface area is 206 Å². The Kier molecular flexibility index (Phi) is 7.37. The highest BCUT2D eigenvalue weighted by molar-refractivity contribution is 5.67. The molecule has 0 heterocycles. The molecule has 0 bridgehead atoms. The molecular formula is C31H36F4. The van der Waals surface area contributed by atoms with Gasteiger partial charge < -0.3 is 0 Å². The summed E-state index contributed by atoms with van der Waals surface area (Å²) in [6.45, 7) is 2.38. The second-order valence-corrected chi connectivity index (χ2v) is 11.4. The molecule has 35 heavy (non-hydrogen) atoms. The fourth-order valence-electron chi connectivity index (χ4n) is 6.92. The minimum atomic E-state index is -1.43. The Balaban J connectivity index is 1.21. The molecule has 2 fully saturated rings. The van der Waals surface area contributed by atoms with E-state index in [0.29, 0.717) is 36.3 Å². The van der Waals surface area contributed by atoms with Gasteiger partial charge in [0.15, 0.2) is 17.5 Å². The van der Waals surface area contributed by atoms with Crippen LogP contribution in [0.2, 0.25) is 0 Å². The number of allylic oxidation sites excluding steroid dienone is 2. The molecule has 3 aliphatic rings. The van der Waals surface area contributed by atoms with Crippen molar-refractivity contribution in [2.45, 2.75) is 89.4 Å². The van der Waals surface area contributed by atoms with Crippen LogP contribution in [0.15, 0.2) is 36.4 Å². The maximum atomic E-state index is 15.2. The molecule has 1 atom stereocenters. The summed E-state index contributed by atoms with van der Waals surface area (Å²) < 4.78 is 55.7. The average Bonchev–Trinajstić information content (AvgIpc) is 2.88. The molecule has 0 nitrogen and oxygen atoms in total. The van der Waals surface area contributed by atoms with E-state index in [4.69, 9.17) is 0 Å². The van der Waals surface area contributed by atoms with Gasteiger partial charge in [0.25, 0.3) is 0 Å². The van der Waals surface area contributed by atoms with E-state index in [2.05, 4.69) is 13.0 Å². The van der Waals surface area contributed by atoms with Crippen LogP contribution in [-0.4, -0.2) is 0 Å². The molecule has 2 saturated carbocycles. The van der Waals surface area contributed by atoms with E-state index in [0.717, 1.165) is 53.9 Å². The van der Waals surface area contributed by atoms with Crippen LogP contribution in [0, 0.1) is 41.0 Å². The summed E-state index contributed by atoms with van der Waals surface area (Å²) >= 11 is 0. The van der Waals surface area contributed by atoms with Gasteiger partial charge in [-0.15, -0.1) is 0 Å². The highest BCUT2D eigenvalue weighted by atomic mass is 19.2. The van der Waals surface area contributed by atoms with E-state index in [1.807, 2.05) is 12.1 Å². The summed E-state index contributed by atoms with van der Waals surface area (Å²) in [6, 6.07) is 7.92. The Morgan fingerprint density at radius 2 is 1.23 bits per heavy atom. The number of benzene rings is 2. The summed E-state index contributed by atoms with van der Waals surface area (Å²) in [5.74, 6) is -0.906. The molecule has 0 saturated heterocycles. The molecule has 2 aromatic carbocycles. The van der Waals surface area contributed by atoms with E-state index >= 15 is 4.39 Å². The van der Waals surface area contributed by atoms with Gasteiger partial charge in [-0.05, 0) is 122 Å². The van der Waals surface area contributed by atoms with Gasteiger partial charge in [-0.3, -0.25) is 0 Å².